The summed E-state index contributed by atoms with van der Waals surface area (Å²) in [6.07, 6.45) is 1.56. The van der Waals surface area contributed by atoms with Gasteiger partial charge in [0.1, 0.15) is 0 Å². The molecule has 0 bridgehead atoms. The summed E-state index contributed by atoms with van der Waals surface area (Å²) in [6.45, 7) is 1.85. The summed E-state index contributed by atoms with van der Waals surface area (Å²) in [5.74, 6) is -0.255. The number of hydrogen-bond acceptors (Lipinski definition) is 3. The Hall–Kier alpha value is -2.07. The Kier molecular flexibility index (Phi) is 3.48. The summed E-state index contributed by atoms with van der Waals surface area (Å²) in [5.41, 5.74) is 8.06. The molecule has 3 N–H and O–H groups in total. The molecule has 18 heavy (non-hydrogen) atoms. The molecule has 92 valence electrons. The van der Waals surface area contributed by atoms with Crippen LogP contribution < -0.4 is 11.1 Å². The number of nitrogens with one attached hydrogen (secondary N) is 1. The minimum Gasteiger partial charge on any atom is -0.399 e. The number of amides is 1. The van der Waals surface area contributed by atoms with Crippen molar-refractivity contribution in [1.29, 1.82) is 0 Å². The lowest BCUT2D eigenvalue weighted by Crippen LogP contribution is -2.14. The van der Waals surface area contributed by atoms with Crippen LogP contribution in [0, 0.1) is 6.92 Å². The molecule has 2 aromatic rings. The predicted octanol–water partition coefficient (Wildman–Crippen LogP) is 2.88. The smallest absolute Gasteiger partial charge is 0.256 e. The van der Waals surface area contributed by atoms with E-state index < -0.39 is 0 Å². The summed E-state index contributed by atoms with van der Waals surface area (Å²) in [4.78, 5) is 16.0. The number of halogens is 1. The fraction of sp³-hybridized carbons (Fsp3) is 0.0769. The molecule has 0 saturated carbocycles. The second kappa shape index (κ2) is 5.06. The summed E-state index contributed by atoms with van der Waals surface area (Å²) in [7, 11) is 0. The van der Waals surface area contributed by atoms with E-state index in [1.807, 2.05) is 6.92 Å². The van der Waals surface area contributed by atoms with Crippen molar-refractivity contribution < 1.29 is 4.79 Å². The molecule has 4 nitrogen and oxygen atoms in total. The lowest BCUT2D eigenvalue weighted by molar-refractivity contribution is 0.102. The van der Waals surface area contributed by atoms with Crippen LogP contribution in [0.4, 0.5) is 11.4 Å². The van der Waals surface area contributed by atoms with Crippen molar-refractivity contribution in [2.75, 3.05) is 11.1 Å². The minimum atomic E-state index is -0.255. The van der Waals surface area contributed by atoms with Gasteiger partial charge in [-0.2, -0.15) is 0 Å². The van der Waals surface area contributed by atoms with Crippen LogP contribution in [0.5, 0.6) is 0 Å². The molecule has 0 spiro atoms. The van der Waals surface area contributed by atoms with E-state index in [1.165, 1.54) is 0 Å². The molecule has 1 heterocycles. The maximum atomic E-state index is 12.1. The number of rotatable bonds is 2. The molecule has 5 heteroatoms. The number of benzene rings is 1. The van der Waals surface area contributed by atoms with Crippen LogP contribution in [-0.2, 0) is 0 Å². The fourth-order valence-corrected chi connectivity index (χ4v) is 1.72. The first-order valence-corrected chi connectivity index (χ1v) is 5.73. The van der Waals surface area contributed by atoms with Gasteiger partial charge in [-0.1, -0.05) is 17.7 Å². The van der Waals surface area contributed by atoms with Gasteiger partial charge < -0.3 is 11.1 Å². The number of nitrogens with two attached hydrogens (primary N) is 1. The average molecular weight is 262 g/mol. The van der Waals surface area contributed by atoms with Gasteiger partial charge >= 0.3 is 0 Å². The van der Waals surface area contributed by atoms with Gasteiger partial charge in [-0.3, -0.25) is 4.79 Å². The van der Waals surface area contributed by atoms with E-state index in [2.05, 4.69) is 10.3 Å². The van der Waals surface area contributed by atoms with Crippen LogP contribution in [0.1, 0.15) is 15.9 Å². The largest absolute Gasteiger partial charge is 0.399 e. The Morgan fingerprint density at radius 1 is 1.39 bits per heavy atom. The molecular weight excluding hydrogens is 250 g/mol. The van der Waals surface area contributed by atoms with Gasteiger partial charge in [-0.15, -0.1) is 0 Å². The van der Waals surface area contributed by atoms with Gasteiger partial charge in [-0.25, -0.2) is 4.98 Å². The van der Waals surface area contributed by atoms with Crippen LogP contribution in [-0.4, -0.2) is 10.9 Å². The third kappa shape index (κ3) is 2.60. The van der Waals surface area contributed by atoms with Gasteiger partial charge in [0, 0.05) is 17.4 Å². The molecule has 0 radical (unpaired) electrons. The van der Waals surface area contributed by atoms with Crippen LogP contribution in [0.15, 0.2) is 36.5 Å². The average Bonchev–Trinajstić information content (AvgIpc) is 2.35. The Morgan fingerprint density at radius 3 is 2.89 bits per heavy atom. The number of anilines is 2. The predicted molar refractivity (Wildman–Crippen MR) is 72.8 cm³/mol. The number of aromatic nitrogens is 1. The number of nitrogens with zero attached hydrogens (tertiary/aromatic N) is 1. The highest BCUT2D eigenvalue weighted by atomic mass is 35.5. The molecule has 0 unspecified atom stereocenters. The lowest BCUT2D eigenvalue weighted by atomic mass is 10.1. The van der Waals surface area contributed by atoms with E-state index in [-0.39, 0.29) is 11.1 Å². The maximum Gasteiger partial charge on any atom is 0.256 e. The highest BCUT2D eigenvalue weighted by molar-refractivity contribution is 6.32. The summed E-state index contributed by atoms with van der Waals surface area (Å²) in [6, 6.07) is 8.58. The van der Waals surface area contributed by atoms with Crippen molar-refractivity contribution in [1.82, 2.24) is 4.98 Å². The molecule has 1 amide bonds. The highest BCUT2D eigenvalue weighted by Crippen LogP contribution is 2.20. The summed E-state index contributed by atoms with van der Waals surface area (Å²) < 4.78 is 0. The Bertz CT molecular complexity index is 599. The first kappa shape index (κ1) is 12.4. The third-order valence-corrected chi connectivity index (χ3v) is 2.81. The van der Waals surface area contributed by atoms with E-state index in [0.717, 1.165) is 5.56 Å². The Labute approximate surface area is 110 Å². The van der Waals surface area contributed by atoms with E-state index in [9.17, 15) is 4.79 Å². The second-order valence-corrected chi connectivity index (χ2v) is 4.23. The van der Waals surface area contributed by atoms with Crippen LogP contribution in [0.3, 0.4) is 0 Å². The number of aryl methyl sites for hydroxylation is 1. The molecule has 1 aromatic heterocycles. The number of carbonyl (C=O) groups is 1. The zero-order chi connectivity index (χ0) is 13.1. The van der Waals surface area contributed by atoms with Crippen LogP contribution in [0.2, 0.25) is 5.15 Å². The number of hydrogen-bond donors (Lipinski definition) is 2. The van der Waals surface area contributed by atoms with Gasteiger partial charge in [0.2, 0.25) is 0 Å². The highest BCUT2D eigenvalue weighted by Gasteiger charge is 2.11. The monoisotopic (exact) mass is 261 g/mol. The summed E-state index contributed by atoms with van der Waals surface area (Å²) in [5, 5.41) is 2.96. The first-order chi connectivity index (χ1) is 8.58. The van der Waals surface area contributed by atoms with Crippen molar-refractivity contribution in [2.45, 2.75) is 6.92 Å². The zero-order valence-electron chi connectivity index (χ0n) is 9.77. The van der Waals surface area contributed by atoms with Crippen molar-refractivity contribution in [3.05, 3.63) is 52.8 Å². The number of carbonyl (C=O) groups excluding carboxylic acids is 1. The van der Waals surface area contributed by atoms with E-state index >= 15 is 0 Å². The number of nitrogen functional groups attached to an aromatic ring is 1. The standard InChI is InChI=1S/C13H12ClN3O/c1-8-4-5-9(15)7-10(8)13(18)17-11-3-2-6-16-12(11)14/h2-7H,15H2,1H3,(H,17,18). The second-order valence-electron chi connectivity index (χ2n) is 3.87. The maximum absolute atomic E-state index is 12.1. The molecule has 0 aliphatic carbocycles. The van der Waals surface area contributed by atoms with E-state index in [0.29, 0.717) is 16.9 Å². The molecule has 1 aromatic carbocycles. The fourth-order valence-electron chi connectivity index (χ4n) is 1.55. The molecule has 0 aliphatic heterocycles. The normalized spacial score (nSPS) is 10.1. The molecule has 2 rings (SSSR count). The van der Waals surface area contributed by atoms with Crippen molar-refractivity contribution in [3.63, 3.8) is 0 Å². The van der Waals surface area contributed by atoms with Gasteiger partial charge in [-0.05, 0) is 36.8 Å². The molecular formula is C13H12ClN3O. The van der Waals surface area contributed by atoms with Crippen LogP contribution in [0.25, 0.3) is 0 Å². The Morgan fingerprint density at radius 2 is 2.17 bits per heavy atom. The van der Waals surface area contributed by atoms with Gasteiger partial charge in [0.05, 0.1) is 5.69 Å². The minimum absolute atomic E-state index is 0.255. The van der Waals surface area contributed by atoms with E-state index in [1.54, 1.807) is 36.5 Å². The number of pyridine rings is 1. The Balaban J connectivity index is 2.28. The molecule has 0 saturated heterocycles. The van der Waals surface area contributed by atoms with Crippen molar-refractivity contribution in [3.8, 4) is 0 Å². The molecule has 0 fully saturated rings. The molecule has 0 atom stereocenters. The van der Waals surface area contributed by atoms with Gasteiger partial charge in [0.25, 0.3) is 5.91 Å². The quantitative estimate of drug-likeness (QED) is 0.645. The first-order valence-electron chi connectivity index (χ1n) is 5.36. The van der Waals surface area contributed by atoms with E-state index in [4.69, 9.17) is 17.3 Å². The van der Waals surface area contributed by atoms with Gasteiger partial charge in [0.15, 0.2) is 5.15 Å². The van der Waals surface area contributed by atoms with Crippen molar-refractivity contribution in [2.24, 2.45) is 0 Å². The molecule has 0 aliphatic rings. The summed E-state index contributed by atoms with van der Waals surface area (Å²) >= 11 is 5.88. The third-order valence-electron chi connectivity index (χ3n) is 2.51. The SMILES string of the molecule is Cc1ccc(N)cc1C(=O)Nc1cccnc1Cl. The van der Waals surface area contributed by atoms with Crippen LogP contribution >= 0.6 is 11.6 Å². The lowest BCUT2D eigenvalue weighted by Gasteiger charge is -2.09. The topological polar surface area (TPSA) is 68.0 Å². The zero-order valence-corrected chi connectivity index (χ0v) is 10.5. The van der Waals surface area contributed by atoms with Crippen molar-refractivity contribution >= 4 is 28.9 Å².